The molecule has 1 heterocycles. The van der Waals surface area contributed by atoms with Gasteiger partial charge in [0.05, 0.1) is 18.3 Å². The molecule has 0 spiro atoms. The zero-order chi connectivity index (χ0) is 19.5. The van der Waals surface area contributed by atoms with E-state index < -0.39 is 0 Å². The molecule has 144 valence electrons. The molecule has 28 heavy (non-hydrogen) atoms. The summed E-state index contributed by atoms with van der Waals surface area (Å²) in [4.78, 5) is 12.7. The third kappa shape index (κ3) is 3.82. The predicted octanol–water partition coefficient (Wildman–Crippen LogP) is 3.98. The second kappa shape index (κ2) is 7.94. The highest BCUT2D eigenvalue weighted by molar-refractivity contribution is 6.05. The van der Waals surface area contributed by atoms with Gasteiger partial charge in [-0.15, -0.1) is 5.10 Å². The molecule has 6 heteroatoms. The molecule has 1 amide bonds. The van der Waals surface area contributed by atoms with Crippen molar-refractivity contribution >= 4 is 11.6 Å². The third-order valence-electron chi connectivity index (χ3n) is 5.35. The molecular weight excluding hydrogens is 352 g/mol. The molecule has 1 saturated carbocycles. The van der Waals surface area contributed by atoms with E-state index in [0.29, 0.717) is 11.3 Å². The van der Waals surface area contributed by atoms with Gasteiger partial charge in [0.25, 0.3) is 5.91 Å². The van der Waals surface area contributed by atoms with E-state index in [1.165, 1.54) is 0 Å². The molecule has 0 unspecified atom stereocenters. The second-order valence-electron chi connectivity index (χ2n) is 7.35. The topological polar surface area (TPSA) is 80.0 Å². The van der Waals surface area contributed by atoms with Crippen LogP contribution in [0.1, 0.15) is 47.6 Å². The zero-order valence-corrected chi connectivity index (χ0v) is 15.9. The summed E-state index contributed by atoms with van der Waals surface area (Å²) in [6.07, 6.45) is 5.33. The molecule has 6 nitrogen and oxygen atoms in total. The molecule has 2 aromatic carbocycles. The highest BCUT2D eigenvalue weighted by Gasteiger charge is 2.26. The molecule has 0 saturated heterocycles. The SMILES string of the molecule is Cc1ccc(-c2cn([C@@H]3CCCC[C@H]3O)nn2)cc1C(=O)Nc1ccccc1. The van der Waals surface area contributed by atoms with Crippen molar-refractivity contribution in [3.8, 4) is 11.3 Å². The van der Waals surface area contributed by atoms with E-state index in [-0.39, 0.29) is 18.1 Å². The number of hydrogen-bond donors (Lipinski definition) is 2. The quantitative estimate of drug-likeness (QED) is 0.722. The summed E-state index contributed by atoms with van der Waals surface area (Å²) >= 11 is 0. The molecule has 2 atom stereocenters. The van der Waals surface area contributed by atoms with Crippen LogP contribution in [0.4, 0.5) is 5.69 Å². The lowest BCUT2D eigenvalue weighted by molar-refractivity contribution is 0.0685. The minimum absolute atomic E-state index is 0.0266. The first-order valence-corrected chi connectivity index (χ1v) is 9.69. The Bertz CT molecular complexity index is 968. The number of rotatable bonds is 4. The molecule has 0 bridgehead atoms. The number of aryl methyl sites for hydroxylation is 1. The molecule has 0 aliphatic heterocycles. The summed E-state index contributed by atoms with van der Waals surface area (Å²) in [7, 11) is 0. The van der Waals surface area contributed by atoms with Crippen LogP contribution in [-0.2, 0) is 0 Å². The van der Waals surface area contributed by atoms with Gasteiger partial charge in [-0.3, -0.25) is 4.79 Å². The molecule has 1 fully saturated rings. The van der Waals surface area contributed by atoms with Gasteiger partial charge < -0.3 is 10.4 Å². The van der Waals surface area contributed by atoms with E-state index in [2.05, 4.69) is 15.6 Å². The van der Waals surface area contributed by atoms with E-state index in [1.54, 1.807) is 4.68 Å². The Balaban J connectivity index is 1.58. The van der Waals surface area contributed by atoms with Crippen LogP contribution in [0.3, 0.4) is 0 Å². The zero-order valence-electron chi connectivity index (χ0n) is 15.9. The summed E-state index contributed by atoms with van der Waals surface area (Å²) in [5, 5.41) is 21.7. The molecule has 1 aromatic heterocycles. The normalized spacial score (nSPS) is 19.4. The number of hydrogen-bond acceptors (Lipinski definition) is 4. The minimum Gasteiger partial charge on any atom is -0.391 e. The maximum absolute atomic E-state index is 12.7. The average molecular weight is 376 g/mol. The summed E-state index contributed by atoms with van der Waals surface area (Å²) < 4.78 is 1.77. The highest BCUT2D eigenvalue weighted by atomic mass is 16.3. The van der Waals surface area contributed by atoms with Crippen LogP contribution in [0.5, 0.6) is 0 Å². The molecular formula is C22H24N4O2. The van der Waals surface area contributed by atoms with Crippen molar-refractivity contribution in [2.45, 2.75) is 44.8 Å². The summed E-state index contributed by atoms with van der Waals surface area (Å²) in [6.45, 7) is 1.92. The van der Waals surface area contributed by atoms with Crippen molar-refractivity contribution in [1.82, 2.24) is 15.0 Å². The van der Waals surface area contributed by atoms with Crippen molar-refractivity contribution < 1.29 is 9.90 Å². The Labute approximate surface area is 164 Å². The average Bonchev–Trinajstić information content (AvgIpc) is 3.19. The molecule has 3 aromatic rings. The van der Waals surface area contributed by atoms with Crippen molar-refractivity contribution in [3.63, 3.8) is 0 Å². The van der Waals surface area contributed by atoms with Crippen LogP contribution in [0.15, 0.2) is 54.7 Å². The fourth-order valence-electron chi connectivity index (χ4n) is 3.72. The van der Waals surface area contributed by atoms with Crippen LogP contribution in [0.25, 0.3) is 11.3 Å². The van der Waals surface area contributed by atoms with Gasteiger partial charge in [-0.1, -0.05) is 48.4 Å². The number of carbonyl (C=O) groups is 1. The smallest absolute Gasteiger partial charge is 0.255 e. The fourth-order valence-corrected chi connectivity index (χ4v) is 3.72. The Morgan fingerprint density at radius 1 is 1.14 bits per heavy atom. The van der Waals surface area contributed by atoms with E-state index in [9.17, 15) is 9.90 Å². The van der Waals surface area contributed by atoms with Crippen LogP contribution >= 0.6 is 0 Å². The first kappa shape index (κ1) is 18.4. The van der Waals surface area contributed by atoms with Gasteiger partial charge in [-0.05, 0) is 43.5 Å². The van der Waals surface area contributed by atoms with Gasteiger partial charge in [-0.2, -0.15) is 0 Å². The van der Waals surface area contributed by atoms with Crippen molar-refractivity contribution in [1.29, 1.82) is 0 Å². The van der Waals surface area contributed by atoms with Crippen LogP contribution in [-0.4, -0.2) is 32.1 Å². The van der Waals surface area contributed by atoms with Gasteiger partial charge in [0, 0.05) is 16.8 Å². The summed E-state index contributed by atoms with van der Waals surface area (Å²) in [5.74, 6) is -0.152. The van der Waals surface area contributed by atoms with Gasteiger partial charge in [-0.25, -0.2) is 4.68 Å². The van der Waals surface area contributed by atoms with Gasteiger partial charge in [0.2, 0.25) is 0 Å². The van der Waals surface area contributed by atoms with E-state index in [1.807, 2.05) is 61.7 Å². The number of nitrogens with zero attached hydrogens (tertiary/aromatic N) is 3. The number of nitrogens with one attached hydrogen (secondary N) is 1. The third-order valence-corrected chi connectivity index (χ3v) is 5.35. The lowest BCUT2D eigenvalue weighted by Gasteiger charge is -2.27. The van der Waals surface area contributed by atoms with Crippen molar-refractivity contribution in [3.05, 3.63) is 65.9 Å². The number of para-hydroxylation sites is 1. The number of aliphatic hydroxyl groups excluding tert-OH is 1. The van der Waals surface area contributed by atoms with Gasteiger partial charge in [0.15, 0.2) is 0 Å². The summed E-state index contributed by atoms with van der Waals surface area (Å²) in [6, 6.07) is 15.1. The summed E-state index contributed by atoms with van der Waals surface area (Å²) in [5.41, 5.74) is 3.79. The standard InChI is InChI=1S/C22H24N4O2/c1-15-11-12-16(13-18(15)22(28)23-17-7-3-2-4-8-17)19-14-26(25-24-19)20-9-5-6-10-21(20)27/h2-4,7-8,11-14,20-21,27H,5-6,9-10H2,1H3,(H,23,28)/t20-,21-/m1/s1. The predicted molar refractivity (Wildman–Crippen MR) is 108 cm³/mol. The van der Waals surface area contributed by atoms with Crippen LogP contribution in [0, 0.1) is 6.92 Å². The highest BCUT2D eigenvalue weighted by Crippen LogP contribution is 2.29. The fraction of sp³-hybridized carbons (Fsp3) is 0.318. The number of carbonyl (C=O) groups excluding carboxylic acids is 1. The monoisotopic (exact) mass is 376 g/mol. The first-order valence-electron chi connectivity index (χ1n) is 9.69. The first-order chi connectivity index (χ1) is 13.6. The molecule has 1 aliphatic carbocycles. The lowest BCUT2D eigenvalue weighted by Crippen LogP contribution is -2.27. The number of aromatic nitrogens is 3. The number of benzene rings is 2. The van der Waals surface area contributed by atoms with Crippen LogP contribution in [0.2, 0.25) is 0 Å². The number of amides is 1. The minimum atomic E-state index is -0.381. The Kier molecular flexibility index (Phi) is 5.21. The van der Waals surface area contributed by atoms with E-state index >= 15 is 0 Å². The number of anilines is 1. The van der Waals surface area contributed by atoms with Crippen molar-refractivity contribution in [2.75, 3.05) is 5.32 Å². The molecule has 4 rings (SSSR count). The van der Waals surface area contributed by atoms with E-state index in [4.69, 9.17) is 0 Å². The largest absolute Gasteiger partial charge is 0.391 e. The van der Waals surface area contributed by atoms with Gasteiger partial charge >= 0.3 is 0 Å². The maximum atomic E-state index is 12.7. The molecule has 2 N–H and O–H groups in total. The van der Waals surface area contributed by atoms with Crippen LogP contribution < -0.4 is 5.32 Å². The van der Waals surface area contributed by atoms with Gasteiger partial charge in [0.1, 0.15) is 5.69 Å². The number of aliphatic hydroxyl groups is 1. The molecule has 0 radical (unpaired) electrons. The van der Waals surface area contributed by atoms with Crippen molar-refractivity contribution in [2.24, 2.45) is 0 Å². The second-order valence-corrected chi connectivity index (χ2v) is 7.35. The Hall–Kier alpha value is -2.99. The Morgan fingerprint density at radius 3 is 2.71 bits per heavy atom. The Morgan fingerprint density at radius 2 is 1.93 bits per heavy atom. The maximum Gasteiger partial charge on any atom is 0.255 e. The lowest BCUT2D eigenvalue weighted by atomic mass is 9.93. The van der Waals surface area contributed by atoms with E-state index in [0.717, 1.165) is 42.5 Å². The molecule has 1 aliphatic rings.